The zero-order valence-corrected chi connectivity index (χ0v) is 16.7. The number of aryl methyl sites for hydroxylation is 1. The lowest BCUT2D eigenvalue weighted by Gasteiger charge is -2.33. The highest BCUT2D eigenvalue weighted by Gasteiger charge is 2.28. The monoisotopic (exact) mass is 408 g/mol. The van der Waals surface area contributed by atoms with Crippen molar-refractivity contribution in [2.75, 3.05) is 24.2 Å². The molecule has 0 radical (unpaired) electrons. The second-order valence-electron chi connectivity index (χ2n) is 7.18. The summed E-state index contributed by atoms with van der Waals surface area (Å²) in [5.74, 6) is 0.790. The summed E-state index contributed by atoms with van der Waals surface area (Å²) in [6, 6.07) is 6.29. The van der Waals surface area contributed by atoms with E-state index in [0.717, 1.165) is 34.2 Å². The summed E-state index contributed by atoms with van der Waals surface area (Å²) in [4.78, 5) is 32.9. The maximum Gasteiger partial charge on any atom is 0.325 e. The minimum atomic E-state index is -3.97. The number of fused-ring (bicyclic) bond motifs is 3. The van der Waals surface area contributed by atoms with Crippen molar-refractivity contribution >= 4 is 47.0 Å². The molecule has 3 aromatic rings. The van der Waals surface area contributed by atoms with Gasteiger partial charge in [0.05, 0.1) is 6.16 Å². The van der Waals surface area contributed by atoms with Gasteiger partial charge >= 0.3 is 7.60 Å². The molecule has 4 rings (SSSR count). The van der Waals surface area contributed by atoms with Gasteiger partial charge in [0.15, 0.2) is 5.82 Å². The van der Waals surface area contributed by atoms with Crippen LogP contribution >= 0.6 is 19.2 Å². The van der Waals surface area contributed by atoms with E-state index in [1.165, 1.54) is 5.56 Å². The first-order valence-corrected chi connectivity index (χ1v) is 11.3. The summed E-state index contributed by atoms with van der Waals surface area (Å²) in [5, 5.41) is 1.24. The van der Waals surface area contributed by atoms with Crippen molar-refractivity contribution in [3.63, 3.8) is 0 Å². The zero-order chi connectivity index (χ0) is 19.2. The van der Waals surface area contributed by atoms with Gasteiger partial charge in [-0.2, -0.15) is 4.98 Å². The summed E-state index contributed by atoms with van der Waals surface area (Å²) in [6.45, 7) is 3.48. The van der Waals surface area contributed by atoms with Gasteiger partial charge in [-0.25, -0.2) is 4.98 Å². The van der Waals surface area contributed by atoms with Crippen LogP contribution in [-0.2, 0) is 11.0 Å². The molecule has 1 saturated heterocycles. The van der Waals surface area contributed by atoms with E-state index < -0.39 is 7.60 Å². The van der Waals surface area contributed by atoms with Crippen molar-refractivity contribution in [1.29, 1.82) is 0 Å². The fourth-order valence-electron chi connectivity index (χ4n) is 3.88. The van der Waals surface area contributed by atoms with Crippen molar-refractivity contribution < 1.29 is 14.4 Å². The third-order valence-electron chi connectivity index (χ3n) is 5.28. The molecule has 0 saturated carbocycles. The largest absolute Gasteiger partial charge is 0.355 e. The molecule has 2 aromatic heterocycles. The Bertz CT molecular complexity index is 1040. The van der Waals surface area contributed by atoms with E-state index in [0.29, 0.717) is 25.9 Å². The summed E-state index contributed by atoms with van der Waals surface area (Å²) in [5.41, 5.74) is 3.90. The van der Waals surface area contributed by atoms with E-state index in [4.69, 9.17) is 11.6 Å². The van der Waals surface area contributed by atoms with Gasteiger partial charge in [0.1, 0.15) is 11.0 Å². The number of H-pyrrole nitrogens is 1. The maximum atomic E-state index is 11.3. The van der Waals surface area contributed by atoms with Crippen LogP contribution < -0.4 is 4.90 Å². The van der Waals surface area contributed by atoms with Crippen molar-refractivity contribution in [3.05, 3.63) is 29.0 Å². The number of nitrogens with one attached hydrogen (secondary N) is 1. The third kappa shape index (κ3) is 3.83. The van der Waals surface area contributed by atoms with Crippen LogP contribution in [0.1, 0.15) is 25.3 Å². The topological polar surface area (TPSA) is 102 Å². The van der Waals surface area contributed by atoms with Gasteiger partial charge in [-0.1, -0.05) is 13.0 Å². The standard InChI is InChI=1S/C18H22ClN4O3P/c1-2-11-3-4-14-13(9-11)15-16(20-14)17(22-18(19)21-15)23-7-5-12(6-8-23)10-27(24,25)26/h3-4,9,12,20H,2,5-8,10H2,1H3,(H2,24,25,26). The van der Waals surface area contributed by atoms with Crippen LogP contribution in [0, 0.1) is 5.92 Å². The molecule has 0 unspecified atom stereocenters. The van der Waals surface area contributed by atoms with Crippen molar-refractivity contribution in [2.45, 2.75) is 26.2 Å². The predicted octanol–water partition coefficient (Wildman–Crippen LogP) is 3.72. The second-order valence-corrected chi connectivity index (χ2v) is 9.21. The Labute approximate surface area is 161 Å². The van der Waals surface area contributed by atoms with Crippen LogP contribution in [0.3, 0.4) is 0 Å². The molecular weight excluding hydrogens is 387 g/mol. The van der Waals surface area contributed by atoms with E-state index in [1.54, 1.807) is 0 Å². The molecule has 0 aliphatic carbocycles. The summed E-state index contributed by atoms with van der Waals surface area (Å²) in [6.07, 6.45) is 2.33. The first-order chi connectivity index (χ1) is 12.8. The molecule has 1 aromatic carbocycles. The molecule has 9 heteroatoms. The van der Waals surface area contributed by atoms with E-state index in [1.807, 2.05) is 0 Å². The third-order valence-corrected chi connectivity index (χ3v) is 6.44. The van der Waals surface area contributed by atoms with Crippen LogP contribution in [0.2, 0.25) is 5.28 Å². The van der Waals surface area contributed by atoms with Crippen LogP contribution in [0.25, 0.3) is 21.9 Å². The average molecular weight is 409 g/mol. The highest BCUT2D eigenvalue weighted by Crippen LogP contribution is 2.40. The zero-order valence-electron chi connectivity index (χ0n) is 15.0. The van der Waals surface area contributed by atoms with E-state index in [-0.39, 0.29) is 17.4 Å². The maximum absolute atomic E-state index is 11.3. The summed E-state index contributed by atoms with van der Waals surface area (Å²) < 4.78 is 11.3. The van der Waals surface area contributed by atoms with Crippen LogP contribution in [0.4, 0.5) is 5.82 Å². The summed E-state index contributed by atoms with van der Waals surface area (Å²) >= 11 is 6.22. The Hall–Kier alpha value is -1.66. The highest BCUT2D eigenvalue weighted by molar-refractivity contribution is 7.51. The van der Waals surface area contributed by atoms with E-state index in [9.17, 15) is 14.4 Å². The molecule has 1 aliphatic heterocycles. The Balaban J connectivity index is 1.69. The van der Waals surface area contributed by atoms with E-state index >= 15 is 0 Å². The Morgan fingerprint density at radius 2 is 2.04 bits per heavy atom. The second kappa shape index (κ2) is 7.06. The lowest BCUT2D eigenvalue weighted by molar-refractivity contribution is 0.346. The molecule has 27 heavy (non-hydrogen) atoms. The fraction of sp³-hybridized carbons (Fsp3) is 0.444. The number of aromatic amines is 1. The van der Waals surface area contributed by atoms with Crippen molar-refractivity contribution in [2.24, 2.45) is 5.92 Å². The number of hydrogen-bond donors (Lipinski definition) is 3. The van der Waals surface area contributed by atoms with Crippen LogP contribution in [-0.4, -0.2) is 44.0 Å². The lowest BCUT2D eigenvalue weighted by Crippen LogP contribution is -2.35. The lowest BCUT2D eigenvalue weighted by atomic mass is 9.99. The first kappa shape index (κ1) is 18.7. The molecule has 1 fully saturated rings. The first-order valence-electron chi connectivity index (χ1n) is 9.11. The van der Waals surface area contributed by atoms with Crippen molar-refractivity contribution in [1.82, 2.24) is 15.0 Å². The quantitative estimate of drug-likeness (QED) is 0.449. The van der Waals surface area contributed by atoms with Gasteiger partial charge in [-0.15, -0.1) is 0 Å². The number of anilines is 1. The number of hydrogen-bond acceptors (Lipinski definition) is 4. The van der Waals surface area contributed by atoms with Crippen molar-refractivity contribution in [3.8, 4) is 0 Å². The van der Waals surface area contributed by atoms with Gasteiger partial charge in [0.2, 0.25) is 5.28 Å². The van der Waals surface area contributed by atoms with Gasteiger partial charge in [-0.3, -0.25) is 4.57 Å². The number of nitrogens with zero attached hydrogens (tertiary/aromatic N) is 3. The average Bonchev–Trinajstić information content (AvgIpc) is 2.98. The molecule has 3 N–H and O–H groups in total. The number of rotatable bonds is 4. The minimum absolute atomic E-state index is 0.0321. The Morgan fingerprint density at radius 1 is 1.30 bits per heavy atom. The minimum Gasteiger partial charge on any atom is -0.355 e. The highest BCUT2D eigenvalue weighted by atomic mass is 35.5. The number of aromatic nitrogens is 3. The molecule has 3 heterocycles. The van der Waals surface area contributed by atoms with Crippen LogP contribution in [0.15, 0.2) is 18.2 Å². The SMILES string of the molecule is CCc1ccc2[nH]c3c(N4CCC(CP(=O)(O)O)CC4)nc(Cl)nc3c2c1. The smallest absolute Gasteiger partial charge is 0.325 e. The molecule has 144 valence electrons. The molecular formula is C18H22ClN4O3P. The Morgan fingerprint density at radius 3 is 2.70 bits per heavy atom. The Kier molecular flexibility index (Phi) is 4.89. The van der Waals surface area contributed by atoms with Gasteiger partial charge in [0.25, 0.3) is 0 Å². The predicted molar refractivity (Wildman–Crippen MR) is 108 cm³/mol. The van der Waals surface area contributed by atoms with E-state index in [2.05, 4.69) is 45.0 Å². The fourth-order valence-corrected chi connectivity index (χ4v) is 5.08. The van der Waals surface area contributed by atoms with Gasteiger partial charge in [-0.05, 0) is 54.5 Å². The van der Waals surface area contributed by atoms with Gasteiger partial charge in [0, 0.05) is 24.0 Å². The molecule has 0 atom stereocenters. The number of benzene rings is 1. The summed E-state index contributed by atoms with van der Waals surface area (Å²) in [7, 11) is -3.97. The molecule has 1 aliphatic rings. The normalized spacial score (nSPS) is 16.5. The number of piperidine rings is 1. The molecule has 0 amide bonds. The molecule has 7 nitrogen and oxygen atoms in total. The molecule has 0 spiro atoms. The van der Waals surface area contributed by atoms with Crippen LogP contribution in [0.5, 0.6) is 0 Å². The van der Waals surface area contributed by atoms with Gasteiger partial charge < -0.3 is 19.7 Å². The number of halogens is 1. The molecule has 0 bridgehead atoms.